The number of aliphatic imine (C=N–C) groups is 1. The van der Waals surface area contributed by atoms with Crippen LogP contribution in [-0.4, -0.2) is 38.5 Å². The predicted octanol–water partition coefficient (Wildman–Crippen LogP) is 1.06. The van der Waals surface area contributed by atoms with E-state index in [1.165, 1.54) is 17.3 Å². The maximum atomic E-state index is 12.3. The molecule has 1 aromatic heterocycles. The van der Waals surface area contributed by atoms with Crippen LogP contribution in [0.4, 0.5) is 11.6 Å². The van der Waals surface area contributed by atoms with E-state index in [4.69, 9.17) is 5.73 Å². The molecule has 2 aliphatic heterocycles. The lowest BCUT2D eigenvalue weighted by atomic mass is 10.2. The van der Waals surface area contributed by atoms with Gasteiger partial charge in [0.25, 0.3) is 5.91 Å². The first-order chi connectivity index (χ1) is 11.1. The van der Waals surface area contributed by atoms with E-state index in [1.807, 2.05) is 12.1 Å². The second-order valence-corrected chi connectivity index (χ2v) is 5.11. The molecular weight excluding hydrogens is 296 g/mol. The largest absolute Gasteiger partial charge is 0.397 e. The zero-order valence-electron chi connectivity index (χ0n) is 11.9. The Morgan fingerprint density at radius 3 is 3.04 bits per heavy atom. The molecule has 2 aliphatic rings. The summed E-state index contributed by atoms with van der Waals surface area (Å²) in [5.74, 6) is -0.271. The monoisotopic (exact) mass is 308 g/mol. The van der Waals surface area contributed by atoms with Crippen LogP contribution >= 0.6 is 0 Å². The van der Waals surface area contributed by atoms with Crippen molar-refractivity contribution in [2.24, 2.45) is 4.99 Å². The Bertz CT molecular complexity index is 904. The summed E-state index contributed by atoms with van der Waals surface area (Å²) in [5.41, 5.74) is 7.50. The molecule has 0 saturated heterocycles. The first-order valence-electron chi connectivity index (χ1n) is 6.89. The maximum Gasteiger partial charge on any atom is 0.273 e. The maximum absolute atomic E-state index is 12.3. The van der Waals surface area contributed by atoms with Crippen molar-refractivity contribution in [2.75, 3.05) is 10.6 Å². The van der Waals surface area contributed by atoms with Crippen LogP contribution in [0.15, 0.2) is 53.4 Å². The van der Waals surface area contributed by atoms with Crippen molar-refractivity contribution in [2.45, 2.75) is 6.17 Å². The van der Waals surface area contributed by atoms with Crippen molar-refractivity contribution in [3.05, 3.63) is 48.4 Å². The Hall–Kier alpha value is -3.26. The van der Waals surface area contributed by atoms with Crippen LogP contribution in [0.25, 0.3) is 10.9 Å². The molecule has 4 rings (SSSR count). The van der Waals surface area contributed by atoms with Gasteiger partial charge in [-0.1, -0.05) is 12.1 Å². The molecule has 3 N–H and O–H groups in total. The van der Waals surface area contributed by atoms with Crippen LogP contribution in [-0.2, 0) is 4.79 Å². The summed E-state index contributed by atoms with van der Waals surface area (Å²) < 4.78 is 0. The van der Waals surface area contributed by atoms with Crippen molar-refractivity contribution < 1.29 is 10.0 Å². The molecule has 8 nitrogen and oxygen atoms in total. The number of fused-ring (bicyclic) bond motifs is 2. The van der Waals surface area contributed by atoms with E-state index in [0.29, 0.717) is 16.9 Å². The van der Waals surface area contributed by atoms with Crippen LogP contribution in [0.2, 0.25) is 0 Å². The minimum Gasteiger partial charge on any atom is -0.397 e. The van der Waals surface area contributed by atoms with Gasteiger partial charge in [-0.3, -0.25) is 15.0 Å². The molecule has 3 heterocycles. The van der Waals surface area contributed by atoms with Crippen molar-refractivity contribution >= 4 is 34.7 Å². The van der Waals surface area contributed by atoms with Crippen LogP contribution < -0.4 is 10.6 Å². The summed E-state index contributed by atoms with van der Waals surface area (Å²) in [6, 6.07) is 5.37. The molecule has 114 valence electrons. The van der Waals surface area contributed by atoms with E-state index >= 15 is 0 Å². The zero-order valence-corrected chi connectivity index (χ0v) is 11.9. The van der Waals surface area contributed by atoms with Gasteiger partial charge < -0.3 is 5.73 Å². The fraction of sp³-hybridized carbons (Fsp3) is 0.0667. The molecule has 1 amide bonds. The van der Waals surface area contributed by atoms with Crippen molar-refractivity contribution in [3.63, 3.8) is 0 Å². The lowest BCUT2D eigenvalue weighted by Gasteiger charge is -2.37. The van der Waals surface area contributed by atoms with E-state index in [1.54, 1.807) is 24.4 Å². The Kier molecular flexibility index (Phi) is 2.85. The topological polar surface area (TPSA) is 108 Å². The Labute approximate surface area is 130 Å². The number of para-hydroxylation sites is 1. The van der Waals surface area contributed by atoms with Gasteiger partial charge in [0, 0.05) is 17.8 Å². The summed E-state index contributed by atoms with van der Waals surface area (Å²) in [5, 5.41) is 11.7. The minimum atomic E-state index is -0.806. The predicted molar refractivity (Wildman–Crippen MR) is 84.6 cm³/mol. The molecular formula is C15H12N6O2. The zero-order chi connectivity index (χ0) is 16.0. The van der Waals surface area contributed by atoms with E-state index in [-0.39, 0.29) is 5.95 Å². The Morgan fingerprint density at radius 2 is 2.17 bits per heavy atom. The summed E-state index contributed by atoms with van der Waals surface area (Å²) in [6.45, 7) is 0. The summed E-state index contributed by atoms with van der Waals surface area (Å²) in [6.07, 6.45) is 6.75. The normalized spacial score (nSPS) is 20.0. The highest BCUT2D eigenvalue weighted by Gasteiger charge is 2.37. The number of nitrogens with zero attached hydrogens (tertiary/aromatic N) is 5. The summed E-state index contributed by atoms with van der Waals surface area (Å²) in [7, 11) is 0. The van der Waals surface area contributed by atoms with Crippen LogP contribution in [0, 0.1) is 0 Å². The molecule has 0 aliphatic carbocycles. The van der Waals surface area contributed by atoms with Crippen molar-refractivity contribution in [1.29, 1.82) is 0 Å². The molecule has 1 atom stereocenters. The lowest BCUT2D eigenvalue weighted by Crippen LogP contribution is -2.53. The number of nitrogens with two attached hydrogens (primary N) is 1. The van der Waals surface area contributed by atoms with Gasteiger partial charge in [-0.25, -0.2) is 19.9 Å². The number of anilines is 2. The molecule has 0 radical (unpaired) electrons. The highest BCUT2D eigenvalue weighted by Crippen LogP contribution is 2.28. The molecule has 1 unspecified atom stereocenters. The number of amides is 1. The van der Waals surface area contributed by atoms with Gasteiger partial charge in [0.1, 0.15) is 0 Å². The van der Waals surface area contributed by atoms with Gasteiger partial charge in [0.2, 0.25) is 5.95 Å². The molecule has 0 spiro atoms. The SMILES string of the molecule is Nc1cccc2cnc(N3C(=O)C=NC4=CC=CN(O)C43)nc12. The highest BCUT2D eigenvalue weighted by atomic mass is 16.5. The molecule has 2 aromatic rings. The number of nitrogen functional groups attached to an aromatic ring is 1. The van der Waals surface area contributed by atoms with Gasteiger partial charge in [-0.15, -0.1) is 0 Å². The van der Waals surface area contributed by atoms with Crippen molar-refractivity contribution in [1.82, 2.24) is 15.0 Å². The summed E-state index contributed by atoms with van der Waals surface area (Å²) in [4.78, 5) is 26.2. The number of hydrogen-bond donors (Lipinski definition) is 2. The average molecular weight is 308 g/mol. The van der Waals surface area contributed by atoms with Gasteiger partial charge in [0.05, 0.1) is 23.1 Å². The average Bonchev–Trinajstić information content (AvgIpc) is 2.56. The highest BCUT2D eigenvalue weighted by molar-refractivity contribution is 6.33. The van der Waals surface area contributed by atoms with E-state index in [0.717, 1.165) is 10.4 Å². The smallest absolute Gasteiger partial charge is 0.273 e. The fourth-order valence-corrected chi connectivity index (χ4v) is 2.60. The number of carbonyl (C=O) groups excluding carboxylic acids is 1. The first kappa shape index (κ1) is 13.4. The molecule has 0 bridgehead atoms. The fourth-order valence-electron chi connectivity index (χ4n) is 2.60. The van der Waals surface area contributed by atoms with Gasteiger partial charge in [-0.05, 0) is 18.2 Å². The lowest BCUT2D eigenvalue weighted by molar-refractivity contribution is -0.118. The quantitative estimate of drug-likeness (QED) is 0.763. The number of allylic oxidation sites excluding steroid dienone is 2. The van der Waals surface area contributed by atoms with Gasteiger partial charge in [-0.2, -0.15) is 0 Å². The second-order valence-electron chi connectivity index (χ2n) is 5.11. The summed E-state index contributed by atoms with van der Waals surface area (Å²) >= 11 is 0. The molecule has 0 fully saturated rings. The third kappa shape index (κ3) is 2.04. The second kappa shape index (κ2) is 4.89. The van der Waals surface area contributed by atoms with E-state index < -0.39 is 12.1 Å². The van der Waals surface area contributed by atoms with Gasteiger partial charge >= 0.3 is 0 Å². The van der Waals surface area contributed by atoms with E-state index in [2.05, 4.69) is 15.0 Å². The number of benzene rings is 1. The number of carbonyl (C=O) groups is 1. The number of aromatic nitrogens is 2. The number of rotatable bonds is 1. The van der Waals surface area contributed by atoms with Crippen LogP contribution in [0.3, 0.4) is 0 Å². The number of hydrogen-bond acceptors (Lipinski definition) is 7. The third-order valence-corrected chi connectivity index (χ3v) is 3.67. The Balaban J connectivity index is 1.87. The minimum absolute atomic E-state index is 0.150. The Morgan fingerprint density at radius 1 is 1.30 bits per heavy atom. The van der Waals surface area contributed by atoms with E-state index in [9.17, 15) is 10.0 Å². The van der Waals surface area contributed by atoms with Crippen molar-refractivity contribution in [3.8, 4) is 0 Å². The molecule has 0 saturated carbocycles. The first-order valence-corrected chi connectivity index (χ1v) is 6.89. The third-order valence-electron chi connectivity index (χ3n) is 3.67. The standard InChI is InChI=1S/C15H12N6O2/c16-10-4-1-3-9-7-18-15(19-13(9)10)21-12(22)8-17-11-5-2-6-20(23)14(11)21/h1-8,14,23H,16H2. The van der Waals surface area contributed by atoms with Crippen LogP contribution in [0.1, 0.15) is 0 Å². The molecule has 1 aromatic carbocycles. The molecule has 8 heteroatoms. The number of hydroxylamine groups is 2. The van der Waals surface area contributed by atoms with Crippen LogP contribution in [0.5, 0.6) is 0 Å². The van der Waals surface area contributed by atoms with Gasteiger partial charge in [0.15, 0.2) is 6.17 Å². The molecule has 23 heavy (non-hydrogen) atoms.